The molecule has 1 aromatic carbocycles. The van der Waals surface area contributed by atoms with Crippen molar-refractivity contribution in [2.24, 2.45) is 5.92 Å². The summed E-state index contributed by atoms with van der Waals surface area (Å²) in [5.41, 5.74) is 2.30. The molecule has 0 spiro atoms. The van der Waals surface area contributed by atoms with Gasteiger partial charge >= 0.3 is 0 Å². The number of rotatable bonds is 9. The van der Waals surface area contributed by atoms with Gasteiger partial charge in [-0.1, -0.05) is 103 Å². The third-order valence-electron chi connectivity index (χ3n) is 10.2. The quantitative estimate of drug-likeness (QED) is 0.244. The number of benzene rings is 1. The fourth-order valence-electron chi connectivity index (χ4n) is 7.79. The van der Waals surface area contributed by atoms with E-state index in [9.17, 15) is 0 Å². The van der Waals surface area contributed by atoms with Crippen molar-refractivity contribution < 1.29 is 14.2 Å². The van der Waals surface area contributed by atoms with Crippen molar-refractivity contribution in [1.29, 1.82) is 0 Å². The fourth-order valence-corrected chi connectivity index (χ4v) is 7.79. The molecule has 6 rings (SSSR count). The highest BCUT2D eigenvalue weighted by Crippen LogP contribution is 2.31. The second-order valence-electron chi connectivity index (χ2n) is 13.2. The van der Waals surface area contributed by atoms with Crippen LogP contribution in [-0.2, 0) is 14.2 Å². The van der Waals surface area contributed by atoms with Gasteiger partial charge < -0.3 is 30.2 Å². The monoisotopic (exact) mass is 683 g/mol. The van der Waals surface area contributed by atoms with Crippen molar-refractivity contribution in [3.8, 4) is 0 Å². The van der Waals surface area contributed by atoms with Gasteiger partial charge in [-0.05, 0) is 94.6 Å². The lowest BCUT2D eigenvalue weighted by Crippen LogP contribution is -2.47. The molecule has 1 saturated carbocycles. The van der Waals surface area contributed by atoms with Gasteiger partial charge in [0.15, 0.2) is 0 Å². The van der Waals surface area contributed by atoms with Gasteiger partial charge in [0.05, 0.1) is 17.9 Å². The first-order chi connectivity index (χ1) is 24.2. The number of aromatic nitrogens is 1. The minimum Gasteiger partial charge on any atom is -0.380 e. The molecule has 2 aromatic rings. The van der Waals surface area contributed by atoms with Gasteiger partial charge in [0.2, 0.25) is 0 Å². The van der Waals surface area contributed by atoms with E-state index in [0.29, 0.717) is 24.2 Å². The molecule has 0 amide bonds. The van der Waals surface area contributed by atoms with Gasteiger partial charge in [-0.2, -0.15) is 0 Å². The first-order valence-electron chi connectivity index (χ1n) is 20.0. The maximum absolute atomic E-state index is 5.77. The standard InChI is InChI=1S/C13H25NO.C13H19NO.C12H18N2O.2C2H6/c2*1-15-13(11-7-3-2-4-8-11)12-9-5-6-10-14-12;1-15-12(10-6-2-4-8-13-10)11-7-3-5-9-14-11;2*1-2/h11-14H,2-10H2,1H3;2-4,7-8,12-14H,5-6,9-10H2,1H3;2,4,6,8,11-12,14H,3,5,7,9H2,1H3;2*1-2H3. The number of hydrogen-bond donors (Lipinski definition) is 3. The summed E-state index contributed by atoms with van der Waals surface area (Å²) in [6.45, 7) is 11.4. The molecule has 6 atom stereocenters. The molecule has 4 aliphatic rings. The van der Waals surface area contributed by atoms with E-state index in [2.05, 4.69) is 45.2 Å². The molecule has 4 fully saturated rings. The highest BCUT2D eigenvalue weighted by atomic mass is 16.5. The summed E-state index contributed by atoms with van der Waals surface area (Å²) in [5.74, 6) is 0.819. The third kappa shape index (κ3) is 15.5. The van der Waals surface area contributed by atoms with Gasteiger partial charge in [-0.25, -0.2) is 0 Å². The lowest BCUT2D eigenvalue weighted by molar-refractivity contribution is 0.00173. The number of ether oxygens (including phenoxy) is 3. The van der Waals surface area contributed by atoms with Gasteiger partial charge in [0, 0.05) is 45.7 Å². The molecule has 4 heterocycles. The Morgan fingerprint density at radius 1 is 0.531 bits per heavy atom. The maximum Gasteiger partial charge on any atom is 0.114 e. The predicted molar refractivity (Wildman–Crippen MR) is 207 cm³/mol. The van der Waals surface area contributed by atoms with Crippen LogP contribution >= 0.6 is 0 Å². The highest BCUT2D eigenvalue weighted by molar-refractivity contribution is 5.19. The molecule has 1 aromatic heterocycles. The second kappa shape index (κ2) is 27.8. The Balaban J connectivity index is 0.000000242. The van der Waals surface area contributed by atoms with Crippen LogP contribution in [-0.4, -0.2) is 70.2 Å². The number of hydrogen-bond acceptors (Lipinski definition) is 7. The number of piperidine rings is 3. The van der Waals surface area contributed by atoms with Crippen molar-refractivity contribution >= 4 is 0 Å². The molecule has 3 saturated heterocycles. The second-order valence-corrected chi connectivity index (χ2v) is 13.2. The van der Waals surface area contributed by atoms with E-state index < -0.39 is 0 Å². The van der Waals surface area contributed by atoms with Crippen LogP contribution in [0.2, 0.25) is 0 Å². The zero-order chi connectivity index (χ0) is 35.5. The number of methoxy groups -OCH3 is 3. The van der Waals surface area contributed by atoms with Crippen LogP contribution in [0.15, 0.2) is 54.7 Å². The zero-order valence-electron chi connectivity index (χ0n) is 32.4. The van der Waals surface area contributed by atoms with Crippen molar-refractivity contribution in [2.75, 3.05) is 41.0 Å². The average molecular weight is 683 g/mol. The van der Waals surface area contributed by atoms with E-state index in [1.165, 1.54) is 102 Å². The smallest absolute Gasteiger partial charge is 0.114 e. The van der Waals surface area contributed by atoms with Gasteiger partial charge in [0.25, 0.3) is 0 Å². The summed E-state index contributed by atoms with van der Waals surface area (Å²) in [4.78, 5) is 4.36. The first kappa shape index (κ1) is 43.3. The summed E-state index contributed by atoms with van der Waals surface area (Å²) in [5, 5.41) is 10.7. The van der Waals surface area contributed by atoms with Gasteiger partial charge in [0.1, 0.15) is 6.10 Å². The minimum atomic E-state index is 0.0894. The zero-order valence-corrected chi connectivity index (χ0v) is 32.4. The van der Waals surface area contributed by atoms with Crippen molar-refractivity contribution in [3.05, 3.63) is 66.0 Å². The van der Waals surface area contributed by atoms with Crippen LogP contribution in [0.1, 0.15) is 141 Å². The highest BCUT2D eigenvalue weighted by Gasteiger charge is 2.31. The Hall–Kier alpha value is -1.87. The SMILES string of the molecule is CC.CC.COC(C1CCCCC1)C1CCCCN1.COC(c1ccccc1)C1CCCCN1.COC(c1ccccn1)C1CCCCN1. The molecular formula is C42H74N4O3. The summed E-state index contributed by atoms with van der Waals surface area (Å²) in [6, 6.07) is 18.0. The third-order valence-corrected chi connectivity index (χ3v) is 10.2. The summed E-state index contributed by atoms with van der Waals surface area (Å²) >= 11 is 0. The van der Waals surface area contributed by atoms with Crippen molar-refractivity contribution in [3.63, 3.8) is 0 Å². The normalized spacial score (nSPS) is 24.3. The Kier molecular flexibility index (Phi) is 24.6. The van der Waals surface area contributed by atoms with Gasteiger partial charge in [-0.15, -0.1) is 0 Å². The molecular weight excluding hydrogens is 608 g/mol. The topological polar surface area (TPSA) is 76.7 Å². The summed E-state index contributed by atoms with van der Waals surface area (Å²) in [7, 11) is 5.46. The largest absolute Gasteiger partial charge is 0.380 e. The summed E-state index contributed by atoms with van der Waals surface area (Å²) < 4.78 is 16.9. The summed E-state index contributed by atoms with van der Waals surface area (Å²) in [6.07, 6.45) is 21.2. The van der Waals surface area contributed by atoms with Gasteiger partial charge in [-0.3, -0.25) is 4.98 Å². The van der Waals surface area contributed by atoms with Crippen LogP contribution < -0.4 is 16.0 Å². The van der Waals surface area contributed by atoms with E-state index in [1.54, 1.807) is 14.2 Å². The molecule has 1 aliphatic carbocycles. The van der Waals surface area contributed by atoms with Crippen LogP contribution in [0.4, 0.5) is 0 Å². The number of pyridine rings is 1. The van der Waals surface area contributed by atoms with E-state index in [4.69, 9.17) is 14.2 Å². The Morgan fingerprint density at radius 3 is 1.47 bits per heavy atom. The molecule has 7 heteroatoms. The fraction of sp³-hybridized carbons (Fsp3) is 0.738. The van der Waals surface area contributed by atoms with Crippen LogP contribution in [0.3, 0.4) is 0 Å². The van der Waals surface area contributed by atoms with Crippen LogP contribution in [0.25, 0.3) is 0 Å². The van der Waals surface area contributed by atoms with Crippen molar-refractivity contribution in [1.82, 2.24) is 20.9 Å². The molecule has 6 unspecified atom stereocenters. The molecule has 0 radical (unpaired) electrons. The van der Waals surface area contributed by atoms with Crippen LogP contribution in [0.5, 0.6) is 0 Å². The lowest BCUT2D eigenvalue weighted by Gasteiger charge is -2.37. The molecule has 0 bridgehead atoms. The molecule has 3 N–H and O–H groups in total. The molecule has 7 nitrogen and oxygen atoms in total. The number of nitrogens with one attached hydrogen (secondary N) is 3. The van der Waals surface area contributed by atoms with E-state index >= 15 is 0 Å². The minimum absolute atomic E-state index is 0.0894. The molecule has 280 valence electrons. The van der Waals surface area contributed by atoms with E-state index in [1.807, 2.05) is 65.3 Å². The van der Waals surface area contributed by atoms with Crippen LogP contribution in [0, 0.1) is 5.92 Å². The Bertz CT molecular complexity index is 910. The maximum atomic E-state index is 5.77. The number of nitrogens with zero attached hydrogens (tertiary/aromatic N) is 1. The first-order valence-corrected chi connectivity index (χ1v) is 20.0. The Morgan fingerprint density at radius 2 is 1.02 bits per heavy atom. The Labute approximate surface area is 301 Å². The average Bonchev–Trinajstić information content (AvgIpc) is 3.20. The van der Waals surface area contributed by atoms with Crippen molar-refractivity contribution in [2.45, 2.75) is 154 Å². The predicted octanol–water partition coefficient (Wildman–Crippen LogP) is 9.20. The molecule has 49 heavy (non-hydrogen) atoms. The lowest BCUT2D eigenvalue weighted by atomic mass is 9.81. The molecule has 3 aliphatic heterocycles. The van der Waals surface area contributed by atoms with E-state index in [-0.39, 0.29) is 12.2 Å². The van der Waals surface area contributed by atoms with E-state index in [0.717, 1.165) is 24.7 Å².